The van der Waals surface area contributed by atoms with Crippen LogP contribution in [-0.4, -0.2) is 43.4 Å². The fraction of sp³-hybridized carbons (Fsp3) is 0.375. The molecule has 2 aromatic carbocycles. The van der Waals surface area contributed by atoms with Gasteiger partial charge in [0.2, 0.25) is 0 Å². The summed E-state index contributed by atoms with van der Waals surface area (Å²) in [6.07, 6.45) is 4.47. The smallest absolute Gasteiger partial charge is 0.161 e. The Bertz CT molecular complexity index is 949. The molecule has 1 aliphatic heterocycles. The molecule has 5 nitrogen and oxygen atoms in total. The predicted molar refractivity (Wildman–Crippen MR) is 114 cm³/mol. The summed E-state index contributed by atoms with van der Waals surface area (Å²) < 4.78 is 16.8. The molecule has 0 saturated carbocycles. The maximum absolute atomic E-state index is 5.93. The number of ether oxygens (including phenoxy) is 3. The lowest BCUT2D eigenvalue weighted by atomic mass is 10.1. The highest BCUT2D eigenvalue weighted by Crippen LogP contribution is 2.29. The molecule has 1 aromatic heterocycles. The fourth-order valence-electron chi connectivity index (χ4n) is 4.03. The van der Waals surface area contributed by atoms with Crippen LogP contribution in [0.25, 0.3) is 10.9 Å². The summed E-state index contributed by atoms with van der Waals surface area (Å²) in [7, 11) is 3.34. The zero-order chi connectivity index (χ0) is 20.1. The Balaban J connectivity index is 1.59. The summed E-state index contributed by atoms with van der Waals surface area (Å²) in [5.41, 5.74) is 3.52. The second-order valence-corrected chi connectivity index (χ2v) is 7.48. The summed E-state index contributed by atoms with van der Waals surface area (Å²) in [6.45, 7) is 3.44. The third kappa shape index (κ3) is 4.69. The minimum atomic E-state index is 0.295. The topological polar surface area (TPSA) is 43.8 Å². The van der Waals surface area contributed by atoms with Gasteiger partial charge in [0.05, 0.1) is 25.8 Å². The summed E-state index contributed by atoms with van der Waals surface area (Å²) in [6, 6.07) is 16.6. The van der Waals surface area contributed by atoms with E-state index in [1.54, 1.807) is 14.2 Å². The SMILES string of the molecule is COc1ccc(CN(Cc2ccnc3ccccc23)C[C@@H]2CCCO2)cc1OC. The first kappa shape index (κ1) is 19.7. The fourth-order valence-corrected chi connectivity index (χ4v) is 4.03. The first-order valence-electron chi connectivity index (χ1n) is 10.1. The highest BCUT2D eigenvalue weighted by atomic mass is 16.5. The van der Waals surface area contributed by atoms with Crippen molar-refractivity contribution in [1.29, 1.82) is 0 Å². The van der Waals surface area contributed by atoms with Crippen LogP contribution in [0.1, 0.15) is 24.0 Å². The Morgan fingerprint density at radius 3 is 2.69 bits per heavy atom. The number of para-hydroxylation sites is 1. The van der Waals surface area contributed by atoms with Crippen LogP contribution in [0.15, 0.2) is 54.7 Å². The van der Waals surface area contributed by atoms with Crippen molar-refractivity contribution in [3.05, 3.63) is 65.9 Å². The summed E-state index contributed by atoms with van der Waals surface area (Å²) in [4.78, 5) is 6.96. The van der Waals surface area contributed by atoms with Crippen LogP contribution in [0.2, 0.25) is 0 Å². The molecule has 0 bridgehead atoms. The standard InChI is InChI=1S/C24H28N2O3/c1-27-23-10-9-18(14-24(23)28-2)15-26(17-20-6-5-13-29-20)16-19-11-12-25-22-8-4-3-7-21(19)22/h3-4,7-12,14,20H,5-6,13,15-17H2,1-2H3/t20-/m0/s1. The molecular formula is C24H28N2O3. The molecule has 29 heavy (non-hydrogen) atoms. The van der Waals surface area contributed by atoms with Crippen LogP contribution < -0.4 is 9.47 Å². The van der Waals surface area contributed by atoms with Crippen molar-refractivity contribution in [1.82, 2.24) is 9.88 Å². The highest BCUT2D eigenvalue weighted by Gasteiger charge is 2.20. The van der Waals surface area contributed by atoms with Crippen molar-refractivity contribution in [2.45, 2.75) is 32.0 Å². The molecule has 0 spiro atoms. The van der Waals surface area contributed by atoms with E-state index in [4.69, 9.17) is 14.2 Å². The van der Waals surface area contributed by atoms with Gasteiger partial charge in [0.25, 0.3) is 0 Å². The van der Waals surface area contributed by atoms with Gasteiger partial charge in [0.1, 0.15) is 0 Å². The van der Waals surface area contributed by atoms with Gasteiger partial charge in [-0.05, 0) is 48.2 Å². The lowest BCUT2D eigenvalue weighted by molar-refractivity contribution is 0.0680. The Hall–Kier alpha value is -2.63. The van der Waals surface area contributed by atoms with E-state index < -0.39 is 0 Å². The molecule has 3 aromatic rings. The molecule has 5 heteroatoms. The molecule has 1 aliphatic rings. The van der Waals surface area contributed by atoms with Gasteiger partial charge < -0.3 is 14.2 Å². The second kappa shape index (κ2) is 9.25. The number of aromatic nitrogens is 1. The van der Waals surface area contributed by atoms with E-state index in [1.165, 1.54) is 16.5 Å². The number of pyridine rings is 1. The molecule has 0 radical (unpaired) electrons. The van der Waals surface area contributed by atoms with E-state index in [0.717, 1.165) is 56.1 Å². The van der Waals surface area contributed by atoms with E-state index in [0.29, 0.717) is 6.10 Å². The maximum atomic E-state index is 5.93. The molecule has 0 N–H and O–H groups in total. The third-order valence-corrected chi connectivity index (χ3v) is 5.47. The Morgan fingerprint density at radius 1 is 1.03 bits per heavy atom. The average Bonchev–Trinajstić information content (AvgIpc) is 3.27. The van der Waals surface area contributed by atoms with Crippen LogP contribution in [0.4, 0.5) is 0 Å². The van der Waals surface area contributed by atoms with E-state index in [2.05, 4.69) is 46.3 Å². The van der Waals surface area contributed by atoms with E-state index in [1.807, 2.05) is 18.3 Å². The number of benzene rings is 2. The molecule has 1 atom stereocenters. The van der Waals surface area contributed by atoms with Crippen LogP contribution in [-0.2, 0) is 17.8 Å². The monoisotopic (exact) mass is 392 g/mol. The Kier molecular flexibility index (Phi) is 6.27. The van der Waals surface area contributed by atoms with Gasteiger partial charge in [-0.25, -0.2) is 0 Å². The van der Waals surface area contributed by atoms with E-state index in [-0.39, 0.29) is 0 Å². The molecule has 1 saturated heterocycles. The van der Waals surface area contributed by atoms with Crippen LogP contribution in [0.3, 0.4) is 0 Å². The minimum Gasteiger partial charge on any atom is -0.493 e. The van der Waals surface area contributed by atoms with Crippen LogP contribution >= 0.6 is 0 Å². The molecule has 1 fully saturated rings. The number of methoxy groups -OCH3 is 2. The lowest BCUT2D eigenvalue weighted by Crippen LogP contribution is -2.31. The van der Waals surface area contributed by atoms with Crippen LogP contribution in [0, 0.1) is 0 Å². The summed E-state index contributed by atoms with van der Waals surface area (Å²) >= 11 is 0. The normalized spacial score (nSPS) is 16.4. The third-order valence-electron chi connectivity index (χ3n) is 5.47. The van der Waals surface area contributed by atoms with Gasteiger partial charge in [0.15, 0.2) is 11.5 Å². The van der Waals surface area contributed by atoms with Gasteiger partial charge >= 0.3 is 0 Å². The van der Waals surface area contributed by atoms with Gasteiger partial charge in [-0.1, -0.05) is 24.3 Å². The van der Waals surface area contributed by atoms with Gasteiger partial charge in [0, 0.05) is 37.8 Å². The van der Waals surface area contributed by atoms with E-state index in [9.17, 15) is 0 Å². The number of rotatable bonds is 8. The number of nitrogens with zero attached hydrogens (tertiary/aromatic N) is 2. The maximum Gasteiger partial charge on any atom is 0.161 e. The predicted octanol–water partition coefficient (Wildman–Crippen LogP) is 4.43. The molecular weight excluding hydrogens is 364 g/mol. The number of hydrogen-bond donors (Lipinski definition) is 0. The minimum absolute atomic E-state index is 0.295. The van der Waals surface area contributed by atoms with Crippen molar-refractivity contribution in [3.63, 3.8) is 0 Å². The molecule has 0 aliphatic carbocycles. The van der Waals surface area contributed by atoms with Gasteiger partial charge in [-0.3, -0.25) is 9.88 Å². The van der Waals surface area contributed by atoms with Crippen molar-refractivity contribution in [2.24, 2.45) is 0 Å². The average molecular weight is 392 g/mol. The summed E-state index contributed by atoms with van der Waals surface area (Å²) in [5, 5.41) is 1.21. The molecule has 0 amide bonds. The second-order valence-electron chi connectivity index (χ2n) is 7.48. The quantitative estimate of drug-likeness (QED) is 0.567. The van der Waals surface area contributed by atoms with Crippen LogP contribution in [0.5, 0.6) is 11.5 Å². The first-order valence-corrected chi connectivity index (χ1v) is 10.1. The van der Waals surface area contributed by atoms with Gasteiger partial charge in [-0.2, -0.15) is 0 Å². The molecule has 0 unspecified atom stereocenters. The van der Waals surface area contributed by atoms with E-state index >= 15 is 0 Å². The largest absolute Gasteiger partial charge is 0.493 e. The zero-order valence-corrected chi connectivity index (χ0v) is 17.1. The number of fused-ring (bicyclic) bond motifs is 1. The van der Waals surface area contributed by atoms with Gasteiger partial charge in [-0.15, -0.1) is 0 Å². The van der Waals surface area contributed by atoms with Crippen molar-refractivity contribution < 1.29 is 14.2 Å². The highest BCUT2D eigenvalue weighted by molar-refractivity contribution is 5.81. The first-order chi connectivity index (χ1) is 14.3. The number of hydrogen-bond acceptors (Lipinski definition) is 5. The van der Waals surface area contributed by atoms with Crippen molar-refractivity contribution in [2.75, 3.05) is 27.4 Å². The zero-order valence-electron chi connectivity index (χ0n) is 17.1. The Morgan fingerprint density at radius 2 is 1.90 bits per heavy atom. The van der Waals surface area contributed by atoms with Crippen molar-refractivity contribution in [3.8, 4) is 11.5 Å². The molecule has 2 heterocycles. The lowest BCUT2D eigenvalue weighted by Gasteiger charge is -2.26. The van der Waals surface area contributed by atoms with Crippen molar-refractivity contribution >= 4 is 10.9 Å². The Labute approximate surface area is 172 Å². The summed E-state index contributed by atoms with van der Waals surface area (Å²) in [5.74, 6) is 1.51. The molecule has 152 valence electrons. The molecule has 4 rings (SSSR count).